The van der Waals surface area contributed by atoms with Crippen LogP contribution in [-0.2, 0) is 0 Å². The predicted molar refractivity (Wildman–Crippen MR) is 74.1 cm³/mol. The number of hydrogen-bond donors (Lipinski definition) is 0. The minimum absolute atomic E-state index is 0.143. The van der Waals surface area contributed by atoms with Crippen molar-refractivity contribution in [3.63, 3.8) is 0 Å². The van der Waals surface area contributed by atoms with Crippen molar-refractivity contribution in [1.29, 1.82) is 0 Å². The van der Waals surface area contributed by atoms with Crippen molar-refractivity contribution in [2.24, 2.45) is 0 Å². The van der Waals surface area contributed by atoms with Gasteiger partial charge in [-0.25, -0.2) is 0 Å². The lowest BCUT2D eigenvalue weighted by Gasteiger charge is -2.18. The van der Waals surface area contributed by atoms with Crippen LogP contribution in [-0.4, -0.2) is 36.8 Å². The van der Waals surface area contributed by atoms with E-state index in [9.17, 15) is 13.2 Å². The van der Waals surface area contributed by atoms with Gasteiger partial charge in [0, 0.05) is 13.1 Å². The van der Waals surface area contributed by atoms with Gasteiger partial charge in [0.05, 0.1) is 6.54 Å². The molecule has 0 amide bonds. The van der Waals surface area contributed by atoms with Crippen LogP contribution in [0.2, 0.25) is 0 Å². The molecule has 1 aromatic carbocycles. The van der Waals surface area contributed by atoms with Gasteiger partial charge < -0.3 is 4.74 Å². The molecule has 1 atom stereocenters. The van der Waals surface area contributed by atoms with Crippen molar-refractivity contribution >= 4 is 0 Å². The van der Waals surface area contributed by atoms with Gasteiger partial charge in [-0.2, -0.15) is 13.2 Å². The molecule has 1 aliphatic rings. The largest absolute Gasteiger partial charge is 0.489 e. The van der Waals surface area contributed by atoms with Gasteiger partial charge in [-0.1, -0.05) is 31.5 Å². The minimum Gasteiger partial charge on any atom is -0.489 e. The minimum atomic E-state index is -4.13. The van der Waals surface area contributed by atoms with Crippen LogP contribution in [0.25, 0.3) is 0 Å². The maximum atomic E-state index is 12.2. The van der Waals surface area contributed by atoms with Gasteiger partial charge in [-0.05, 0) is 25.5 Å². The first kappa shape index (κ1) is 16.8. The zero-order chi connectivity index (χ0) is 15.2. The maximum Gasteiger partial charge on any atom is 0.401 e. The predicted octanol–water partition coefficient (Wildman–Crippen LogP) is 4.04. The molecule has 0 spiro atoms. The molecule has 0 saturated carbocycles. The summed E-state index contributed by atoms with van der Waals surface area (Å²) in [4.78, 5) is 1.39. The molecule has 2 nitrogen and oxygen atoms in total. The van der Waals surface area contributed by atoms with E-state index in [0.29, 0.717) is 19.5 Å². The molecule has 1 heterocycles. The topological polar surface area (TPSA) is 12.5 Å². The number of hydrogen-bond acceptors (Lipinski definition) is 2. The van der Waals surface area contributed by atoms with Gasteiger partial charge in [0.2, 0.25) is 0 Å². The highest BCUT2D eigenvalue weighted by molar-refractivity contribution is 5.26. The van der Waals surface area contributed by atoms with Gasteiger partial charge in [0.25, 0.3) is 0 Å². The number of alkyl halides is 3. The quantitative estimate of drug-likeness (QED) is 0.832. The number of ether oxygens (including phenoxy) is 1. The Hall–Kier alpha value is -1.23. The third-order valence-electron chi connectivity index (χ3n) is 2.96. The molecule has 0 aliphatic carbocycles. The van der Waals surface area contributed by atoms with E-state index in [1.165, 1.54) is 4.90 Å². The molecule has 1 fully saturated rings. The van der Waals surface area contributed by atoms with Crippen molar-refractivity contribution < 1.29 is 17.9 Å². The van der Waals surface area contributed by atoms with E-state index < -0.39 is 12.7 Å². The Morgan fingerprint density at radius 3 is 2.35 bits per heavy atom. The number of aryl methyl sites for hydroxylation is 1. The van der Waals surface area contributed by atoms with Crippen LogP contribution in [0.15, 0.2) is 24.3 Å². The summed E-state index contributed by atoms with van der Waals surface area (Å²) in [5.41, 5.74) is 1.13. The second kappa shape index (κ2) is 7.53. The van der Waals surface area contributed by atoms with E-state index in [2.05, 4.69) is 0 Å². The van der Waals surface area contributed by atoms with Gasteiger partial charge >= 0.3 is 6.18 Å². The maximum absolute atomic E-state index is 12.2. The summed E-state index contributed by atoms with van der Waals surface area (Å²) in [5.74, 6) is 0.722. The van der Waals surface area contributed by atoms with Crippen LogP contribution < -0.4 is 4.74 Å². The third kappa shape index (κ3) is 5.82. The molecule has 0 radical (unpaired) electrons. The molecule has 20 heavy (non-hydrogen) atoms. The Morgan fingerprint density at radius 2 is 1.80 bits per heavy atom. The van der Waals surface area contributed by atoms with Crippen molar-refractivity contribution in [1.82, 2.24) is 4.90 Å². The van der Waals surface area contributed by atoms with Crippen molar-refractivity contribution in [2.45, 2.75) is 39.5 Å². The molecule has 0 N–H and O–H groups in total. The molecule has 114 valence electrons. The van der Waals surface area contributed by atoms with Crippen LogP contribution >= 0.6 is 0 Å². The first-order valence-electron chi connectivity index (χ1n) is 6.95. The average molecular weight is 289 g/mol. The fraction of sp³-hybridized carbons (Fsp3) is 0.600. The molecule has 1 aliphatic heterocycles. The Bertz CT molecular complexity index is 389. The lowest BCUT2D eigenvalue weighted by molar-refractivity contribution is -0.144. The highest BCUT2D eigenvalue weighted by Crippen LogP contribution is 2.22. The molecule has 5 heteroatoms. The first-order chi connectivity index (χ1) is 9.42. The van der Waals surface area contributed by atoms with Gasteiger partial charge in [-0.15, -0.1) is 0 Å². The number of rotatable bonds is 3. The summed E-state index contributed by atoms with van der Waals surface area (Å²) in [5, 5.41) is 0. The smallest absolute Gasteiger partial charge is 0.401 e. The lowest BCUT2D eigenvalue weighted by Crippen LogP contribution is -2.33. The highest BCUT2D eigenvalue weighted by atomic mass is 19.4. The molecule has 0 aromatic heterocycles. The summed E-state index contributed by atoms with van der Waals surface area (Å²) >= 11 is 0. The lowest BCUT2D eigenvalue weighted by atomic mass is 10.2. The first-order valence-corrected chi connectivity index (χ1v) is 6.95. The third-order valence-corrected chi connectivity index (χ3v) is 2.96. The SMILES string of the molecule is CC.Cc1ccc(OC2CCN(CC(F)(F)F)C2)cc1. The van der Waals surface area contributed by atoms with Crippen LogP contribution in [0.3, 0.4) is 0 Å². The second-order valence-corrected chi connectivity index (χ2v) is 4.69. The molecular formula is C15H22F3NO. The van der Waals surface area contributed by atoms with Crippen molar-refractivity contribution in [3.8, 4) is 5.75 Å². The van der Waals surface area contributed by atoms with E-state index in [4.69, 9.17) is 4.74 Å². The van der Waals surface area contributed by atoms with E-state index in [0.717, 1.165) is 11.3 Å². The Kier molecular flexibility index (Phi) is 6.33. The molecule has 1 unspecified atom stereocenters. The fourth-order valence-electron chi connectivity index (χ4n) is 2.10. The van der Waals surface area contributed by atoms with Crippen LogP contribution in [0.5, 0.6) is 5.75 Å². The summed E-state index contributed by atoms with van der Waals surface area (Å²) in [6, 6.07) is 7.55. The van der Waals surface area contributed by atoms with Crippen LogP contribution in [0, 0.1) is 6.92 Å². The van der Waals surface area contributed by atoms with Crippen molar-refractivity contribution in [3.05, 3.63) is 29.8 Å². The number of nitrogens with zero attached hydrogens (tertiary/aromatic N) is 1. The molecule has 1 saturated heterocycles. The molecule has 0 bridgehead atoms. The molecular weight excluding hydrogens is 267 g/mol. The zero-order valence-corrected chi connectivity index (χ0v) is 12.2. The van der Waals surface area contributed by atoms with E-state index in [1.54, 1.807) is 0 Å². The number of halogens is 3. The standard InChI is InChI=1S/C13H16F3NO.C2H6/c1-10-2-4-11(5-3-10)18-12-6-7-17(8-12)9-13(14,15)16;1-2/h2-5,12H,6-9H2,1H3;1-2H3. The number of benzene rings is 1. The van der Waals surface area contributed by atoms with Crippen LogP contribution in [0.1, 0.15) is 25.8 Å². The Labute approximate surface area is 118 Å². The molecule has 1 aromatic rings. The fourth-order valence-corrected chi connectivity index (χ4v) is 2.10. The number of likely N-dealkylation sites (tertiary alicyclic amines) is 1. The summed E-state index contributed by atoms with van der Waals surface area (Å²) in [6.07, 6.45) is -3.63. The van der Waals surface area contributed by atoms with E-state index in [1.807, 2.05) is 45.0 Å². The second-order valence-electron chi connectivity index (χ2n) is 4.69. The molecule has 2 rings (SSSR count). The van der Waals surface area contributed by atoms with E-state index >= 15 is 0 Å². The average Bonchev–Trinajstić information content (AvgIpc) is 2.80. The van der Waals surface area contributed by atoms with E-state index in [-0.39, 0.29) is 6.10 Å². The Balaban J connectivity index is 0.000000956. The normalized spacial score (nSPS) is 19.4. The van der Waals surface area contributed by atoms with Gasteiger partial charge in [0.15, 0.2) is 0 Å². The summed E-state index contributed by atoms with van der Waals surface area (Å²) in [7, 11) is 0. The van der Waals surface area contributed by atoms with Gasteiger partial charge in [-0.3, -0.25) is 4.90 Å². The monoisotopic (exact) mass is 289 g/mol. The van der Waals surface area contributed by atoms with Gasteiger partial charge in [0.1, 0.15) is 11.9 Å². The van der Waals surface area contributed by atoms with Crippen LogP contribution in [0.4, 0.5) is 13.2 Å². The summed E-state index contributed by atoms with van der Waals surface area (Å²) in [6.45, 7) is 5.91. The highest BCUT2D eigenvalue weighted by Gasteiger charge is 2.34. The Morgan fingerprint density at radius 1 is 1.20 bits per heavy atom. The summed E-state index contributed by atoms with van der Waals surface area (Å²) < 4.78 is 42.3. The van der Waals surface area contributed by atoms with Crippen molar-refractivity contribution in [2.75, 3.05) is 19.6 Å². The zero-order valence-electron chi connectivity index (χ0n) is 12.2.